The fraction of sp³-hybridized carbons (Fsp3) is 0.704. The summed E-state index contributed by atoms with van der Waals surface area (Å²) >= 11 is 0. The Morgan fingerprint density at radius 3 is 2.39 bits per heavy atom. The van der Waals surface area contributed by atoms with Gasteiger partial charge in [-0.3, -0.25) is 14.5 Å². The Morgan fingerprint density at radius 1 is 1.00 bits per heavy atom. The smallest absolute Gasteiger partial charge is 0.254 e. The fourth-order valence-electron chi connectivity index (χ4n) is 8.03. The highest BCUT2D eigenvalue weighted by molar-refractivity contribution is 6.00. The van der Waals surface area contributed by atoms with Gasteiger partial charge in [0.2, 0.25) is 5.91 Å². The second-order valence-electron chi connectivity index (χ2n) is 11.5. The van der Waals surface area contributed by atoms with E-state index in [0.29, 0.717) is 6.42 Å². The molecule has 4 saturated carbocycles. The number of amides is 2. The van der Waals surface area contributed by atoms with Crippen LogP contribution in [0.25, 0.3) is 0 Å². The van der Waals surface area contributed by atoms with Crippen molar-refractivity contribution in [3.05, 3.63) is 29.3 Å². The van der Waals surface area contributed by atoms with Crippen molar-refractivity contribution in [2.24, 2.45) is 23.2 Å². The van der Waals surface area contributed by atoms with Gasteiger partial charge in [0.05, 0.1) is 13.2 Å². The highest BCUT2D eigenvalue weighted by Gasteiger charge is 2.51. The van der Waals surface area contributed by atoms with Crippen LogP contribution in [0.2, 0.25) is 0 Å². The molecule has 4 bridgehead atoms. The van der Waals surface area contributed by atoms with Gasteiger partial charge in [0.1, 0.15) is 0 Å². The molecule has 5 fully saturated rings. The summed E-state index contributed by atoms with van der Waals surface area (Å²) in [4.78, 5) is 30.7. The zero-order valence-electron chi connectivity index (χ0n) is 19.7. The van der Waals surface area contributed by atoms with Gasteiger partial charge in [-0.15, -0.1) is 0 Å². The summed E-state index contributed by atoms with van der Waals surface area (Å²) in [5.41, 5.74) is 2.86. The van der Waals surface area contributed by atoms with Gasteiger partial charge in [-0.25, -0.2) is 0 Å². The Hall–Kier alpha value is -1.92. The maximum atomic E-state index is 13.2. The molecule has 2 aliphatic heterocycles. The van der Waals surface area contributed by atoms with E-state index < -0.39 is 0 Å². The van der Waals surface area contributed by atoms with Crippen LogP contribution in [-0.4, -0.2) is 67.6 Å². The minimum absolute atomic E-state index is 0.0988. The first-order chi connectivity index (χ1) is 16.1. The van der Waals surface area contributed by atoms with Crippen molar-refractivity contribution < 1.29 is 14.3 Å². The Kier molecular flexibility index (Phi) is 5.69. The van der Waals surface area contributed by atoms with Crippen molar-refractivity contribution in [3.63, 3.8) is 0 Å². The molecule has 6 nitrogen and oxygen atoms in total. The molecule has 7 rings (SSSR count). The van der Waals surface area contributed by atoms with Crippen LogP contribution in [0.5, 0.6) is 0 Å². The molecule has 1 aromatic carbocycles. The minimum Gasteiger partial charge on any atom is -0.379 e. The highest BCUT2D eigenvalue weighted by Crippen LogP contribution is 2.61. The number of hydrogen-bond donors (Lipinski definition) is 1. The largest absolute Gasteiger partial charge is 0.379 e. The summed E-state index contributed by atoms with van der Waals surface area (Å²) in [7, 11) is 0. The van der Waals surface area contributed by atoms with E-state index in [4.69, 9.17) is 4.74 Å². The van der Waals surface area contributed by atoms with Crippen LogP contribution in [0.15, 0.2) is 18.2 Å². The summed E-state index contributed by atoms with van der Waals surface area (Å²) in [5, 5.41) is 3.23. The Bertz CT molecular complexity index is 888. The van der Waals surface area contributed by atoms with E-state index in [0.717, 1.165) is 86.9 Å². The van der Waals surface area contributed by atoms with Crippen LogP contribution in [0, 0.1) is 23.2 Å². The third-order valence-corrected chi connectivity index (χ3v) is 9.09. The van der Waals surface area contributed by atoms with E-state index in [-0.39, 0.29) is 17.2 Å². The van der Waals surface area contributed by atoms with E-state index >= 15 is 0 Å². The van der Waals surface area contributed by atoms with Crippen LogP contribution < -0.4 is 5.32 Å². The maximum Gasteiger partial charge on any atom is 0.254 e. The van der Waals surface area contributed by atoms with E-state index in [1.807, 2.05) is 23.1 Å². The lowest BCUT2D eigenvalue weighted by molar-refractivity contribution is -0.124. The number of nitrogens with one attached hydrogen (secondary N) is 1. The number of morpholine rings is 1. The van der Waals surface area contributed by atoms with E-state index in [9.17, 15) is 9.59 Å². The number of nitrogens with zero attached hydrogens (tertiary/aromatic N) is 2. The van der Waals surface area contributed by atoms with Gasteiger partial charge in [-0.05, 0) is 85.8 Å². The molecule has 1 aromatic rings. The van der Waals surface area contributed by atoms with Crippen LogP contribution in [0.1, 0.15) is 60.9 Å². The summed E-state index contributed by atoms with van der Waals surface area (Å²) in [6, 6.07) is 5.82. The monoisotopic (exact) mass is 451 g/mol. The Labute approximate surface area is 197 Å². The number of anilines is 1. The zero-order valence-corrected chi connectivity index (χ0v) is 19.7. The van der Waals surface area contributed by atoms with Gasteiger partial charge < -0.3 is 15.0 Å². The molecule has 0 atom stereocenters. The Morgan fingerprint density at radius 2 is 1.70 bits per heavy atom. The molecule has 1 N–H and O–H groups in total. The molecule has 2 heterocycles. The van der Waals surface area contributed by atoms with E-state index in [2.05, 4.69) is 10.2 Å². The molecule has 0 radical (unpaired) electrons. The van der Waals surface area contributed by atoms with E-state index in [1.165, 1.54) is 38.5 Å². The summed E-state index contributed by atoms with van der Waals surface area (Å²) in [5.74, 6) is 2.81. The number of carbonyl (C=O) groups is 2. The van der Waals surface area contributed by atoms with Crippen molar-refractivity contribution in [3.8, 4) is 0 Å². The molecular formula is C27H37N3O3. The lowest BCUT2D eigenvalue weighted by atomic mass is 9.49. The quantitative estimate of drug-likeness (QED) is 0.718. The third-order valence-electron chi connectivity index (χ3n) is 9.09. The molecular weight excluding hydrogens is 414 g/mol. The lowest BCUT2D eigenvalue weighted by Gasteiger charge is -2.56. The SMILES string of the molecule is O=C(CC12CC3CC(CC(C3)C1)C2)Nc1cccc2c1CCN(CCN1CCOCC1)C2=O. The molecule has 6 heteroatoms. The molecule has 4 aliphatic carbocycles. The van der Waals surface area contributed by atoms with Gasteiger partial charge >= 0.3 is 0 Å². The van der Waals surface area contributed by atoms with Gasteiger partial charge in [0.15, 0.2) is 0 Å². The summed E-state index contributed by atoms with van der Waals surface area (Å²) in [6.45, 7) is 5.81. The van der Waals surface area contributed by atoms with E-state index in [1.54, 1.807) is 0 Å². The number of rotatable bonds is 6. The molecule has 2 amide bonds. The van der Waals surface area contributed by atoms with Crippen LogP contribution in [0.4, 0.5) is 5.69 Å². The number of fused-ring (bicyclic) bond motifs is 1. The normalized spacial score (nSPS) is 33.3. The first-order valence-electron chi connectivity index (χ1n) is 13.1. The molecule has 178 valence electrons. The average molecular weight is 452 g/mol. The van der Waals surface area contributed by atoms with Crippen molar-refractivity contribution in [1.82, 2.24) is 9.80 Å². The number of ether oxygens (including phenoxy) is 1. The predicted octanol–water partition coefficient (Wildman–Crippen LogP) is 3.56. The lowest BCUT2D eigenvalue weighted by Crippen LogP contribution is -2.47. The second kappa shape index (κ2) is 8.70. The molecule has 0 aromatic heterocycles. The molecule has 0 spiro atoms. The Balaban J connectivity index is 1.10. The van der Waals surface area contributed by atoms with Gasteiger partial charge in [-0.2, -0.15) is 0 Å². The predicted molar refractivity (Wildman–Crippen MR) is 127 cm³/mol. The molecule has 1 saturated heterocycles. The maximum absolute atomic E-state index is 13.2. The van der Waals surface area contributed by atoms with Gasteiger partial charge in [0, 0.05) is 50.4 Å². The first kappa shape index (κ1) is 21.6. The standard InChI is InChI=1S/C27H37N3O3/c31-25(18-27-15-19-12-20(16-27)14-21(13-19)17-27)28-24-3-1-2-23-22(24)4-5-30(26(23)32)7-6-29-8-10-33-11-9-29/h1-3,19-21H,4-18H2,(H,28,31). The van der Waals surface area contributed by atoms with Crippen molar-refractivity contribution in [2.45, 2.75) is 51.4 Å². The van der Waals surface area contributed by atoms with Crippen LogP contribution in [0.3, 0.4) is 0 Å². The number of carbonyl (C=O) groups excluding carboxylic acids is 2. The topological polar surface area (TPSA) is 61.9 Å². The fourth-order valence-corrected chi connectivity index (χ4v) is 8.03. The zero-order chi connectivity index (χ0) is 22.4. The number of hydrogen-bond acceptors (Lipinski definition) is 4. The van der Waals surface area contributed by atoms with Gasteiger partial charge in [-0.1, -0.05) is 6.07 Å². The van der Waals surface area contributed by atoms with Crippen molar-refractivity contribution in [1.29, 1.82) is 0 Å². The first-order valence-corrected chi connectivity index (χ1v) is 13.1. The van der Waals surface area contributed by atoms with Crippen molar-refractivity contribution >= 4 is 17.5 Å². The number of benzene rings is 1. The second-order valence-corrected chi connectivity index (χ2v) is 11.5. The molecule has 0 unspecified atom stereocenters. The van der Waals surface area contributed by atoms with Gasteiger partial charge in [0.25, 0.3) is 5.91 Å². The minimum atomic E-state index is 0.0988. The molecule has 6 aliphatic rings. The third kappa shape index (κ3) is 4.32. The van der Waals surface area contributed by atoms with Crippen LogP contribution >= 0.6 is 0 Å². The summed E-state index contributed by atoms with van der Waals surface area (Å²) < 4.78 is 5.42. The average Bonchev–Trinajstić information content (AvgIpc) is 2.78. The van der Waals surface area contributed by atoms with Crippen molar-refractivity contribution in [2.75, 3.05) is 51.3 Å². The summed E-state index contributed by atoms with van der Waals surface area (Å²) in [6.07, 6.45) is 9.39. The highest BCUT2D eigenvalue weighted by atomic mass is 16.5. The van der Waals surface area contributed by atoms with Crippen LogP contribution in [-0.2, 0) is 16.0 Å². The molecule has 33 heavy (non-hydrogen) atoms.